The van der Waals surface area contributed by atoms with Crippen LogP contribution in [0.3, 0.4) is 0 Å². The Kier molecular flexibility index (Phi) is 6.03. The summed E-state index contributed by atoms with van der Waals surface area (Å²) in [5.74, 6) is 0.450. The second kappa shape index (κ2) is 7.62. The van der Waals surface area contributed by atoms with Gasteiger partial charge in [-0.2, -0.15) is 0 Å². The predicted molar refractivity (Wildman–Crippen MR) is 93.8 cm³/mol. The molecule has 0 bridgehead atoms. The van der Waals surface area contributed by atoms with Crippen molar-refractivity contribution in [3.63, 3.8) is 0 Å². The molecule has 1 saturated carbocycles. The van der Waals surface area contributed by atoms with Gasteiger partial charge in [-0.25, -0.2) is 9.78 Å². The number of aryl methyl sites for hydroxylation is 1. The van der Waals surface area contributed by atoms with Crippen molar-refractivity contribution in [2.45, 2.75) is 71.6 Å². The number of hydrogen-bond donors (Lipinski definition) is 2. The summed E-state index contributed by atoms with van der Waals surface area (Å²) in [5, 5.41) is 9.82. The first-order valence-corrected chi connectivity index (χ1v) is 9.27. The van der Waals surface area contributed by atoms with E-state index in [1.165, 1.54) is 6.42 Å². The maximum absolute atomic E-state index is 11.8. The molecule has 130 valence electrons. The number of carbonyl (C=O) groups excluding carboxylic acids is 1. The molecule has 1 aliphatic carbocycles. The molecule has 1 amide bonds. The summed E-state index contributed by atoms with van der Waals surface area (Å²) < 4.78 is 5.31. The second-order valence-electron chi connectivity index (χ2n) is 7.40. The van der Waals surface area contributed by atoms with Crippen LogP contribution in [-0.2, 0) is 4.74 Å². The molecule has 0 aromatic carbocycles. The number of hydrogen-bond acceptors (Lipinski definition) is 5. The molecular formula is C17H29N3O2S. The normalized spacial score (nSPS) is 22.8. The van der Waals surface area contributed by atoms with Crippen molar-refractivity contribution in [1.82, 2.24) is 15.6 Å². The molecule has 0 aliphatic heterocycles. The smallest absolute Gasteiger partial charge is 0.407 e. The zero-order valence-electron chi connectivity index (χ0n) is 14.8. The van der Waals surface area contributed by atoms with Crippen LogP contribution < -0.4 is 10.6 Å². The Balaban J connectivity index is 1.82. The molecule has 0 radical (unpaired) electrons. The van der Waals surface area contributed by atoms with Crippen LogP contribution in [0.2, 0.25) is 0 Å². The lowest BCUT2D eigenvalue weighted by Gasteiger charge is -2.25. The summed E-state index contributed by atoms with van der Waals surface area (Å²) in [6.07, 6.45) is 3.15. The first-order valence-electron chi connectivity index (χ1n) is 8.39. The van der Waals surface area contributed by atoms with Crippen molar-refractivity contribution < 1.29 is 9.53 Å². The summed E-state index contributed by atoms with van der Waals surface area (Å²) in [4.78, 5) is 16.4. The molecule has 0 spiro atoms. The highest BCUT2D eigenvalue weighted by atomic mass is 32.1. The van der Waals surface area contributed by atoms with Gasteiger partial charge in [-0.15, -0.1) is 11.3 Å². The van der Waals surface area contributed by atoms with Gasteiger partial charge in [0.1, 0.15) is 10.6 Å². The average molecular weight is 340 g/mol. The number of thiazole rings is 1. The number of nitrogens with zero attached hydrogens (tertiary/aromatic N) is 1. The topological polar surface area (TPSA) is 63.2 Å². The molecule has 3 atom stereocenters. The van der Waals surface area contributed by atoms with Gasteiger partial charge in [0.15, 0.2) is 0 Å². The molecule has 1 fully saturated rings. The van der Waals surface area contributed by atoms with Crippen LogP contribution >= 0.6 is 11.3 Å². The highest BCUT2D eigenvalue weighted by molar-refractivity contribution is 7.09. The fraction of sp³-hybridized carbons (Fsp3) is 0.765. The molecule has 3 unspecified atom stereocenters. The molecule has 2 rings (SSSR count). The third kappa shape index (κ3) is 5.77. The van der Waals surface area contributed by atoms with Gasteiger partial charge in [0.2, 0.25) is 0 Å². The van der Waals surface area contributed by atoms with Gasteiger partial charge >= 0.3 is 6.09 Å². The van der Waals surface area contributed by atoms with Crippen molar-refractivity contribution >= 4 is 17.4 Å². The van der Waals surface area contributed by atoms with Crippen LogP contribution in [-0.4, -0.2) is 29.3 Å². The summed E-state index contributed by atoms with van der Waals surface area (Å²) >= 11 is 1.70. The molecule has 23 heavy (non-hydrogen) atoms. The summed E-state index contributed by atoms with van der Waals surface area (Å²) in [6.45, 7) is 10.5. The number of alkyl carbamates (subject to hydrolysis) is 1. The SMILES string of the molecule is Cc1csc(C(C)NC2CCCC2CNC(=O)OC(C)(C)C)n1. The Morgan fingerprint density at radius 2 is 2.22 bits per heavy atom. The molecule has 1 aromatic rings. The second-order valence-corrected chi connectivity index (χ2v) is 8.29. The Morgan fingerprint density at radius 3 is 2.83 bits per heavy atom. The number of carbonyl (C=O) groups is 1. The van der Waals surface area contributed by atoms with Gasteiger partial charge in [-0.05, 0) is 53.4 Å². The summed E-state index contributed by atoms with van der Waals surface area (Å²) in [6, 6.07) is 0.671. The maximum Gasteiger partial charge on any atom is 0.407 e. The van der Waals surface area contributed by atoms with E-state index in [-0.39, 0.29) is 12.1 Å². The number of rotatable bonds is 5. The summed E-state index contributed by atoms with van der Waals surface area (Å²) in [5.41, 5.74) is 0.627. The Hall–Kier alpha value is -1.14. The van der Waals surface area contributed by atoms with E-state index in [0.29, 0.717) is 18.5 Å². The van der Waals surface area contributed by atoms with E-state index in [9.17, 15) is 4.79 Å². The third-order valence-corrected chi connectivity index (χ3v) is 5.18. The van der Waals surface area contributed by atoms with Crippen LogP contribution in [0.4, 0.5) is 4.79 Å². The van der Waals surface area contributed by atoms with E-state index in [1.54, 1.807) is 11.3 Å². The van der Waals surface area contributed by atoms with Gasteiger partial charge in [-0.3, -0.25) is 0 Å². The Morgan fingerprint density at radius 1 is 1.48 bits per heavy atom. The Labute approximate surface area is 143 Å². The minimum Gasteiger partial charge on any atom is -0.444 e. The number of amides is 1. The van der Waals surface area contributed by atoms with Crippen molar-refractivity contribution in [1.29, 1.82) is 0 Å². The molecule has 1 aliphatic rings. The Bertz CT molecular complexity index is 524. The number of nitrogens with one attached hydrogen (secondary N) is 2. The maximum atomic E-state index is 11.8. The van der Waals surface area contributed by atoms with Crippen molar-refractivity contribution in [3.05, 3.63) is 16.1 Å². The highest BCUT2D eigenvalue weighted by Crippen LogP contribution is 2.28. The fourth-order valence-electron chi connectivity index (χ4n) is 2.99. The van der Waals surface area contributed by atoms with E-state index in [1.807, 2.05) is 27.7 Å². The van der Waals surface area contributed by atoms with Crippen LogP contribution in [0.15, 0.2) is 5.38 Å². The molecular weight excluding hydrogens is 310 g/mol. The fourth-order valence-corrected chi connectivity index (χ4v) is 3.81. The van der Waals surface area contributed by atoms with Crippen LogP contribution in [0, 0.1) is 12.8 Å². The molecule has 1 aromatic heterocycles. The van der Waals surface area contributed by atoms with Gasteiger partial charge in [0.25, 0.3) is 0 Å². The monoisotopic (exact) mass is 339 g/mol. The van der Waals surface area contributed by atoms with E-state index in [4.69, 9.17) is 4.74 Å². The number of aromatic nitrogens is 1. The molecule has 1 heterocycles. The lowest BCUT2D eigenvalue weighted by molar-refractivity contribution is 0.0517. The van der Waals surface area contributed by atoms with Gasteiger partial charge in [0.05, 0.1) is 6.04 Å². The highest BCUT2D eigenvalue weighted by Gasteiger charge is 2.29. The average Bonchev–Trinajstić information content (AvgIpc) is 3.03. The standard InChI is InChI=1S/C17H29N3O2S/c1-11-10-23-15(19-11)12(2)20-14-8-6-7-13(14)9-18-16(21)22-17(3,4)5/h10,12-14,20H,6-9H2,1-5H3,(H,18,21). The van der Waals surface area contributed by atoms with E-state index >= 15 is 0 Å². The van der Waals surface area contributed by atoms with Crippen LogP contribution in [0.1, 0.15) is 63.7 Å². The van der Waals surface area contributed by atoms with E-state index in [0.717, 1.165) is 23.5 Å². The lowest BCUT2D eigenvalue weighted by atomic mass is 10.0. The van der Waals surface area contributed by atoms with Crippen LogP contribution in [0.5, 0.6) is 0 Å². The largest absolute Gasteiger partial charge is 0.444 e. The van der Waals surface area contributed by atoms with Crippen molar-refractivity contribution in [2.75, 3.05) is 6.54 Å². The lowest BCUT2D eigenvalue weighted by Crippen LogP contribution is -2.41. The molecule has 0 saturated heterocycles. The molecule has 6 heteroatoms. The van der Waals surface area contributed by atoms with Crippen molar-refractivity contribution in [3.8, 4) is 0 Å². The van der Waals surface area contributed by atoms with Crippen LogP contribution in [0.25, 0.3) is 0 Å². The first-order chi connectivity index (χ1) is 10.7. The van der Waals surface area contributed by atoms with Gasteiger partial charge in [-0.1, -0.05) is 6.42 Å². The predicted octanol–water partition coefficient (Wildman–Crippen LogP) is 3.80. The zero-order valence-corrected chi connectivity index (χ0v) is 15.6. The zero-order chi connectivity index (χ0) is 17.0. The van der Waals surface area contributed by atoms with E-state index in [2.05, 4.69) is 27.9 Å². The third-order valence-electron chi connectivity index (χ3n) is 4.04. The first kappa shape index (κ1) is 18.2. The minimum absolute atomic E-state index is 0.251. The quantitative estimate of drug-likeness (QED) is 0.856. The number of ether oxygens (including phenoxy) is 1. The minimum atomic E-state index is -0.450. The van der Waals surface area contributed by atoms with Crippen molar-refractivity contribution in [2.24, 2.45) is 5.92 Å². The molecule has 5 nitrogen and oxygen atoms in total. The molecule has 2 N–H and O–H groups in total. The van der Waals surface area contributed by atoms with Gasteiger partial charge < -0.3 is 15.4 Å². The summed E-state index contributed by atoms with van der Waals surface area (Å²) in [7, 11) is 0. The van der Waals surface area contributed by atoms with Gasteiger partial charge in [0, 0.05) is 23.7 Å². The van der Waals surface area contributed by atoms with E-state index < -0.39 is 5.60 Å².